The molecule has 84 valence electrons. The molecular formula is C13H27N. The van der Waals surface area contributed by atoms with E-state index >= 15 is 0 Å². The summed E-state index contributed by atoms with van der Waals surface area (Å²) < 4.78 is 0. The van der Waals surface area contributed by atoms with Gasteiger partial charge in [0.15, 0.2) is 0 Å². The molecule has 0 spiro atoms. The monoisotopic (exact) mass is 197 g/mol. The van der Waals surface area contributed by atoms with Crippen molar-refractivity contribution in [1.29, 1.82) is 0 Å². The van der Waals surface area contributed by atoms with E-state index in [0.717, 1.165) is 17.8 Å². The summed E-state index contributed by atoms with van der Waals surface area (Å²) in [6, 6.07) is 1.42. The molecule has 1 aliphatic rings. The Morgan fingerprint density at radius 3 is 1.36 bits per heavy atom. The average molecular weight is 197 g/mol. The Morgan fingerprint density at radius 1 is 0.714 bits per heavy atom. The fourth-order valence-corrected chi connectivity index (χ4v) is 3.64. The molecule has 0 radical (unpaired) electrons. The molecular weight excluding hydrogens is 170 g/mol. The third kappa shape index (κ3) is 2.13. The topological polar surface area (TPSA) is 12.0 Å². The third-order valence-electron chi connectivity index (χ3n) is 4.32. The summed E-state index contributed by atoms with van der Waals surface area (Å²) in [4.78, 5) is 0. The van der Waals surface area contributed by atoms with Crippen LogP contribution in [-0.4, -0.2) is 12.1 Å². The SMILES string of the molecule is CCC1C(C)NC(C)C(CC)C1CC. The van der Waals surface area contributed by atoms with Crippen LogP contribution >= 0.6 is 0 Å². The highest BCUT2D eigenvalue weighted by atomic mass is 15.0. The van der Waals surface area contributed by atoms with Crippen LogP contribution in [0.15, 0.2) is 0 Å². The maximum Gasteiger partial charge on any atom is 0.00722 e. The minimum atomic E-state index is 0.711. The van der Waals surface area contributed by atoms with Gasteiger partial charge in [-0.05, 0) is 31.6 Å². The summed E-state index contributed by atoms with van der Waals surface area (Å²) in [5.41, 5.74) is 0. The second-order valence-electron chi connectivity index (χ2n) is 4.96. The van der Waals surface area contributed by atoms with E-state index in [4.69, 9.17) is 0 Å². The van der Waals surface area contributed by atoms with Gasteiger partial charge in [0.25, 0.3) is 0 Å². The Hall–Kier alpha value is -0.0400. The van der Waals surface area contributed by atoms with Crippen molar-refractivity contribution < 1.29 is 0 Å². The number of piperidine rings is 1. The lowest BCUT2D eigenvalue weighted by molar-refractivity contribution is 0.0808. The Labute approximate surface area is 89.7 Å². The minimum absolute atomic E-state index is 0.711. The van der Waals surface area contributed by atoms with Crippen LogP contribution in [0.4, 0.5) is 0 Å². The lowest BCUT2D eigenvalue weighted by atomic mass is 9.68. The van der Waals surface area contributed by atoms with Crippen molar-refractivity contribution in [1.82, 2.24) is 5.32 Å². The largest absolute Gasteiger partial charge is 0.311 e. The van der Waals surface area contributed by atoms with Crippen molar-refractivity contribution >= 4 is 0 Å². The van der Waals surface area contributed by atoms with Gasteiger partial charge < -0.3 is 5.32 Å². The van der Waals surface area contributed by atoms with Crippen molar-refractivity contribution in [2.45, 2.75) is 66.0 Å². The zero-order valence-corrected chi connectivity index (χ0v) is 10.5. The van der Waals surface area contributed by atoms with E-state index in [2.05, 4.69) is 39.9 Å². The molecule has 1 nitrogen and oxygen atoms in total. The molecule has 1 rings (SSSR count). The molecule has 0 aliphatic carbocycles. The fraction of sp³-hybridized carbons (Fsp3) is 1.00. The highest BCUT2D eigenvalue weighted by molar-refractivity contribution is 4.92. The van der Waals surface area contributed by atoms with Gasteiger partial charge in [-0.15, -0.1) is 0 Å². The first kappa shape index (κ1) is 12.0. The van der Waals surface area contributed by atoms with Crippen molar-refractivity contribution in [3.05, 3.63) is 0 Å². The average Bonchev–Trinajstić information content (AvgIpc) is 2.16. The van der Waals surface area contributed by atoms with Gasteiger partial charge >= 0.3 is 0 Å². The van der Waals surface area contributed by atoms with E-state index in [9.17, 15) is 0 Å². The molecule has 4 unspecified atom stereocenters. The summed E-state index contributed by atoms with van der Waals surface area (Å²) in [5.74, 6) is 2.72. The lowest BCUT2D eigenvalue weighted by Gasteiger charge is -2.46. The third-order valence-corrected chi connectivity index (χ3v) is 4.32. The highest BCUT2D eigenvalue weighted by Crippen LogP contribution is 2.37. The standard InChI is InChI=1S/C13H27N/c1-6-11-9(4)14-10(5)12(7-2)13(11)8-3/h9-14H,6-8H2,1-5H3. The predicted octanol–water partition coefficient (Wildman–Crippen LogP) is 3.45. The molecule has 1 N–H and O–H groups in total. The van der Waals surface area contributed by atoms with Crippen molar-refractivity contribution in [2.24, 2.45) is 17.8 Å². The van der Waals surface area contributed by atoms with Crippen molar-refractivity contribution in [3.63, 3.8) is 0 Å². The first-order valence-corrected chi connectivity index (χ1v) is 6.41. The van der Waals surface area contributed by atoms with Crippen LogP contribution in [0.1, 0.15) is 53.9 Å². The second-order valence-corrected chi connectivity index (χ2v) is 4.96. The van der Waals surface area contributed by atoms with Crippen LogP contribution in [0.3, 0.4) is 0 Å². The first-order chi connectivity index (χ1) is 6.65. The van der Waals surface area contributed by atoms with Crippen molar-refractivity contribution in [3.8, 4) is 0 Å². The van der Waals surface area contributed by atoms with E-state index in [1.807, 2.05) is 0 Å². The van der Waals surface area contributed by atoms with Gasteiger partial charge in [0, 0.05) is 12.1 Å². The van der Waals surface area contributed by atoms with E-state index < -0.39 is 0 Å². The van der Waals surface area contributed by atoms with Gasteiger partial charge in [-0.25, -0.2) is 0 Å². The Morgan fingerprint density at radius 2 is 1.07 bits per heavy atom. The van der Waals surface area contributed by atoms with Gasteiger partial charge in [-0.1, -0.05) is 40.0 Å². The molecule has 0 aromatic carbocycles. The lowest BCUT2D eigenvalue weighted by Crippen LogP contribution is -2.54. The molecule has 14 heavy (non-hydrogen) atoms. The van der Waals surface area contributed by atoms with E-state index in [1.54, 1.807) is 0 Å². The van der Waals surface area contributed by atoms with Crippen LogP contribution in [0, 0.1) is 17.8 Å². The zero-order chi connectivity index (χ0) is 10.7. The molecule has 0 aromatic heterocycles. The molecule has 1 saturated heterocycles. The van der Waals surface area contributed by atoms with Crippen molar-refractivity contribution in [2.75, 3.05) is 0 Å². The fourth-order valence-electron chi connectivity index (χ4n) is 3.64. The predicted molar refractivity (Wildman–Crippen MR) is 63.4 cm³/mol. The highest BCUT2D eigenvalue weighted by Gasteiger charge is 2.37. The Kier molecular flexibility index (Phi) is 4.43. The molecule has 1 aliphatic heterocycles. The van der Waals surface area contributed by atoms with E-state index in [0.29, 0.717) is 12.1 Å². The van der Waals surface area contributed by atoms with Gasteiger partial charge in [0.05, 0.1) is 0 Å². The number of rotatable bonds is 3. The summed E-state index contributed by atoms with van der Waals surface area (Å²) in [5, 5.41) is 3.75. The van der Waals surface area contributed by atoms with Crippen LogP contribution < -0.4 is 5.32 Å². The summed E-state index contributed by atoms with van der Waals surface area (Å²) >= 11 is 0. The van der Waals surface area contributed by atoms with Crippen LogP contribution in [0.5, 0.6) is 0 Å². The Balaban J connectivity index is 2.76. The molecule has 0 bridgehead atoms. The molecule has 1 fully saturated rings. The molecule has 0 saturated carbocycles. The molecule has 0 amide bonds. The molecule has 0 aromatic rings. The maximum atomic E-state index is 3.75. The Bertz CT molecular complexity index is 151. The number of hydrogen-bond donors (Lipinski definition) is 1. The summed E-state index contributed by atoms with van der Waals surface area (Å²) in [6.45, 7) is 11.8. The molecule has 4 atom stereocenters. The second kappa shape index (κ2) is 5.16. The molecule has 1 heteroatoms. The van der Waals surface area contributed by atoms with Gasteiger partial charge in [-0.2, -0.15) is 0 Å². The maximum absolute atomic E-state index is 3.75. The van der Waals surface area contributed by atoms with Gasteiger partial charge in [-0.3, -0.25) is 0 Å². The summed E-state index contributed by atoms with van der Waals surface area (Å²) in [7, 11) is 0. The van der Waals surface area contributed by atoms with Gasteiger partial charge in [0.1, 0.15) is 0 Å². The quantitative estimate of drug-likeness (QED) is 0.731. The molecule has 1 heterocycles. The van der Waals surface area contributed by atoms with Crippen LogP contribution in [0.2, 0.25) is 0 Å². The summed E-state index contributed by atoms with van der Waals surface area (Å²) in [6.07, 6.45) is 4.01. The van der Waals surface area contributed by atoms with E-state index in [-0.39, 0.29) is 0 Å². The smallest absolute Gasteiger partial charge is 0.00722 e. The van der Waals surface area contributed by atoms with Gasteiger partial charge in [0.2, 0.25) is 0 Å². The van der Waals surface area contributed by atoms with Crippen LogP contribution in [-0.2, 0) is 0 Å². The minimum Gasteiger partial charge on any atom is -0.311 e. The van der Waals surface area contributed by atoms with E-state index in [1.165, 1.54) is 19.3 Å². The number of hydrogen-bond acceptors (Lipinski definition) is 1. The normalized spacial score (nSPS) is 43.9. The first-order valence-electron chi connectivity index (χ1n) is 6.41. The van der Waals surface area contributed by atoms with Crippen LogP contribution in [0.25, 0.3) is 0 Å². The number of nitrogens with one attached hydrogen (secondary N) is 1. The zero-order valence-electron chi connectivity index (χ0n) is 10.5.